The zero-order chi connectivity index (χ0) is 15.5. The third-order valence-electron chi connectivity index (χ3n) is 4.32. The van der Waals surface area contributed by atoms with Crippen molar-refractivity contribution in [3.8, 4) is 5.75 Å². The van der Waals surface area contributed by atoms with Gasteiger partial charge in [-0.05, 0) is 56.0 Å². The van der Waals surface area contributed by atoms with Crippen LogP contribution >= 0.6 is 0 Å². The Kier molecular flexibility index (Phi) is 5.28. The normalized spacial score (nSPS) is 22.2. The Morgan fingerprint density at radius 3 is 2.62 bits per heavy atom. The minimum absolute atomic E-state index is 0.324. The Labute approximate surface area is 129 Å². The van der Waals surface area contributed by atoms with Gasteiger partial charge in [-0.1, -0.05) is 26.0 Å². The second-order valence-electron chi connectivity index (χ2n) is 7.42. The van der Waals surface area contributed by atoms with Crippen LogP contribution in [0.4, 0.5) is 0 Å². The smallest absolute Gasteiger partial charge is 0.119 e. The van der Waals surface area contributed by atoms with Crippen molar-refractivity contribution in [2.24, 2.45) is 5.41 Å². The highest BCUT2D eigenvalue weighted by Gasteiger charge is 2.31. The second kappa shape index (κ2) is 6.80. The van der Waals surface area contributed by atoms with Gasteiger partial charge in [0, 0.05) is 19.1 Å². The summed E-state index contributed by atoms with van der Waals surface area (Å²) in [5.41, 5.74) is 1.74. The molecule has 0 heterocycles. The topological polar surface area (TPSA) is 24.5 Å². The zero-order valence-electron chi connectivity index (χ0n) is 14.1. The SMILES string of the molecule is COc1cccc(C2CC(NCC(C)(C)CN(C)C)C2)c1. The van der Waals surface area contributed by atoms with Crippen LogP contribution in [0, 0.1) is 5.41 Å². The summed E-state index contributed by atoms with van der Waals surface area (Å²) in [5.74, 6) is 1.66. The van der Waals surface area contributed by atoms with Crippen LogP contribution in [-0.4, -0.2) is 45.2 Å². The summed E-state index contributed by atoms with van der Waals surface area (Å²) in [6, 6.07) is 9.18. The number of nitrogens with zero attached hydrogens (tertiary/aromatic N) is 1. The molecule has 1 N–H and O–H groups in total. The van der Waals surface area contributed by atoms with Gasteiger partial charge < -0.3 is 15.0 Å². The van der Waals surface area contributed by atoms with Crippen molar-refractivity contribution >= 4 is 0 Å². The standard InChI is InChI=1S/C18H30N2O/c1-18(2,13-20(3)4)12-19-16-9-15(10-16)14-7-6-8-17(11-14)21-5/h6-8,11,15-16,19H,9-10,12-13H2,1-5H3. The molecule has 2 rings (SSSR count). The van der Waals surface area contributed by atoms with Crippen molar-refractivity contribution < 1.29 is 4.74 Å². The maximum atomic E-state index is 5.31. The van der Waals surface area contributed by atoms with Crippen molar-refractivity contribution in [2.45, 2.75) is 38.6 Å². The van der Waals surface area contributed by atoms with E-state index in [0.717, 1.165) is 18.8 Å². The fourth-order valence-corrected chi connectivity index (χ4v) is 3.28. The van der Waals surface area contributed by atoms with Gasteiger partial charge in [-0.15, -0.1) is 0 Å². The fraction of sp³-hybridized carbons (Fsp3) is 0.667. The van der Waals surface area contributed by atoms with E-state index in [9.17, 15) is 0 Å². The van der Waals surface area contributed by atoms with Gasteiger partial charge in [0.2, 0.25) is 0 Å². The van der Waals surface area contributed by atoms with Gasteiger partial charge in [0.1, 0.15) is 5.75 Å². The summed E-state index contributed by atoms with van der Waals surface area (Å²) in [6.07, 6.45) is 2.48. The Morgan fingerprint density at radius 2 is 2.00 bits per heavy atom. The van der Waals surface area contributed by atoms with E-state index in [1.807, 2.05) is 6.07 Å². The monoisotopic (exact) mass is 290 g/mol. The third-order valence-corrected chi connectivity index (χ3v) is 4.32. The average Bonchev–Trinajstić information content (AvgIpc) is 2.35. The largest absolute Gasteiger partial charge is 0.497 e. The summed E-state index contributed by atoms with van der Waals surface area (Å²) in [4.78, 5) is 2.27. The highest BCUT2D eigenvalue weighted by atomic mass is 16.5. The Morgan fingerprint density at radius 1 is 1.29 bits per heavy atom. The maximum absolute atomic E-state index is 5.31. The van der Waals surface area contributed by atoms with Gasteiger partial charge in [-0.2, -0.15) is 0 Å². The van der Waals surface area contributed by atoms with Crippen LogP contribution in [-0.2, 0) is 0 Å². The number of benzene rings is 1. The van der Waals surface area contributed by atoms with Crippen LogP contribution in [0.2, 0.25) is 0 Å². The molecule has 0 spiro atoms. The number of hydrogen-bond donors (Lipinski definition) is 1. The Hall–Kier alpha value is -1.06. The van der Waals surface area contributed by atoms with Gasteiger partial charge in [0.05, 0.1) is 7.11 Å². The van der Waals surface area contributed by atoms with Gasteiger partial charge in [-0.25, -0.2) is 0 Å². The van der Waals surface area contributed by atoms with Gasteiger partial charge in [0.25, 0.3) is 0 Å². The van der Waals surface area contributed by atoms with E-state index in [1.165, 1.54) is 18.4 Å². The first kappa shape index (κ1) is 16.3. The summed E-state index contributed by atoms with van der Waals surface area (Å²) < 4.78 is 5.31. The number of nitrogens with one attached hydrogen (secondary N) is 1. The van der Waals surface area contributed by atoms with Gasteiger partial charge in [-0.3, -0.25) is 0 Å². The highest BCUT2D eigenvalue weighted by Crippen LogP contribution is 2.38. The molecule has 118 valence electrons. The molecular weight excluding hydrogens is 260 g/mol. The molecule has 0 unspecified atom stereocenters. The van der Waals surface area contributed by atoms with Gasteiger partial charge in [0.15, 0.2) is 0 Å². The molecule has 1 aromatic rings. The van der Waals surface area contributed by atoms with Crippen LogP contribution in [0.1, 0.15) is 38.2 Å². The molecule has 21 heavy (non-hydrogen) atoms. The summed E-state index contributed by atoms with van der Waals surface area (Å²) >= 11 is 0. The first-order chi connectivity index (χ1) is 9.89. The molecular formula is C18H30N2O. The van der Waals surface area contributed by atoms with E-state index >= 15 is 0 Å². The Bertz CT molecular complexity index is 450. The van der Waals surface area contributed by atoms with Crippen LogP contribution in [0.5, 0.6) is 5.75 Å². The van der Waals surface area contributed by atoms with E-state index in [1.54, 1.807) is 7.11 Å². The van der Waals surface area contributed by atoms with Crippen LogP contribution < -0.4 is 10.1 Å². The lowest BCUT2D eigenvalue weighted by Gasteiger charge is -2.39. The van der Waals surface area contributed by atoms with Crippen molar-refractivity contribution in [2.75, 3.05) is 34.3 Å². The number of hydrogen-bond acceptors (Lipinski definition) is 3. The molecule has 0 bridgehead atoms. The maximum Gasteiger partial charge on any atom is 0.119 e. The quantitative estimate of drug-likeness (QED) is 0.835. The molecule has 0 atom stereocenters. The van der Waals surface area contributed by atoms with Crippen LogP contribution in [0.3, 0.4) is 0 Å². The number of rotatable bonds is 7. The predicted octanol–water partition coefficient (Wildman–Crippen LogP) is 3.12. The molecule has 1 aliphatic carbocycles. The first-order valence-electron chi connectivity index (χ1n) is 7.92. The molecule has 3 nitrogen and oxygen atoms in total. The van der Waals surface area contributed by atoms with Crippen LogP contribution in [0.15, 0.2) is 24.3 Å². The van der Waals surface area contributed by atoms with Crippen molar-refractivity contribution in [3.05, 3.63) is 29.8 Å². The van der Waals surface area contributed by atoms with Crippen molar-refractivity contribution in [1.29, 1.82) is 0 Å². The lowest BCUT2D eigenvalue weighted by atomic mass is 9.75. The molecule has 1 aromatic carbocycles. The summed E-state index contributed by atoms with van der Waals surface area (Å²) in [5, 5.41) is 3.74. The van der Waals surface area contributed by atoms with E-state index in [0.29, 0.717) is 17.4 Å². The van der Waals surface area contributed by atoms with Crippen molar-refractivity contribution in [1.82, 2.24) is 10.2 Å². The number of ether oxygens (including phenoxy) is 1. The molecule has 0 aliphatic heterocycles. The lowest BCUT2D eigenvalue weighted by molar-refractivity contribution is 0.200. The van der Waals surface area contributed by atoms with Crippen LogP contribution in [0.25, 0.3) is 0 Å². The zero-order valence-corrected chi connectivity index (χ0v) is 14.1. The summed E-state index contributed by atoms with van der Waals surface area (Å²) in [7, 11) is 6.02. The van der Waals surface area contributed by atoms with E-state index in [-0.39, 0.29) is 0 Å². The van der Waals surface area contributed by atoms with Gasteiger partial charge >= 0.3 is 0 Å². The molecule has 0 saturated heterocycles. The minimum Gasteiger partial charge on any atom is -0.497 e. The second-order valence-corrected chi connectivity index (χ2v) is 7.42. The first-order valence-corrected chi connectivity index (χ1v) is 7.92. The van der Waals surface area contributed by atoms with E-state index < -0.39 is 0 Å². The Balaban J connectivity index is 1.76. The minimum atomic E-state index is 0.324. The molecule has 0 amide bonds. The average molecular weight is 290 g/mol. The number of methoxy groups -OCH3 is 1. The molecule has 0 aromatic heterocycles. The van der Waals surface area contributed by atoms with E-state index in [2.05, 4.69) is 56.4 Å². The highest BCUT2D eigenvalue weighted by molar-refractivity contribution is 5.32. The molecule has 1 aliphatic rings. The fourth-order valence-electron chi connectivity index (χ4n) is 3.28. The summed E-state index contributed by atoms with van der Waals surface area (Å²) in [6.45, 7) is 6.86. The molecule has 1 saturated carbocycles. The van der Waals surface area contributed by atoms with Crippen molar-refractivity contribution in [3.63, 3.8) is 0 Å². The molecule has 1 fully saturated rings. The predicted molar refractivity (Wildman–Crippen MR) is 89.1 cm³/mol. The molecule has 3 heteroatoms. The lowest BCUT2D eigenvalue weighted by Crippen LogP contribution is -2.46. The van der Waals surface area contributed by atoms with E-state index in [4.69, 9.17) is 4.74 Å². The molecule has 0 radical (unpaired) electrons. The third kappa shape index (κ3) is 4.72.